The fourth-order valence-electron chi connectivity index (χ4n) is 3.41. The van der Waals surface area contributed by atoms with Crippen LogP contribution >= 0.6 is 0 Å². The van der Waals surface area contributed by atoms with Crippen molar-refractivity contribution in [1.82, 2.24) is 9.55 Å². The predicted octanol–water partition coefficient (Wildman–Crippen LogP) is 2.80. The highest BCUT2D eigenvalue weighted by atomic mass is 16.3. The number of aromatic nitrogens is 2. The molecule has 25 heavy (non-hydrogen) atoms. The van der Waals surface area contributed by atoms with E-state index in [9.17, 15) is 14.7 Å². The first-order valence-electron chi connectivity index (χ1n) is 8.75. The maximum atomic E-state index is 12.9. The van der Waals surface area contributed by atoms with Crippen molar-refractivity contribution in [3.8, 4) is 5.75 Å². The zero-order valence-corrected chi connectivity index (χ0v) is 14.6. The van der Waals surface area contributed by atoms with E-state index in [2.05, 4.69) is 10.3 Å². The van der Waals surface area contributed by atoms with E-state index in [4.69, 9.17) is 0 Å². The molecule has 0 saturated carbocycles. The summed E-state index contributed by atoms with van der Waals surface area (Å²) in [4.78, 5) is 29.8. The van der Waals surface area contributed by atoms with Gasteiger partial charge in [-0.05, 0) is 51.2 Å². The number of carbonyl (C=O) groups excluding carboxylic acids is 1. The fraction of sp³-hybridized carbons (Fsp3) is 0.421. The number of aryl methyl sites for hydroxylation is 1. The van der Waals surface area contributed by atoms with Crippen molar-refractivity contribution in [3.63, 3.8) is 0 Å². The summed E-state index contributed by atoms with van der Waals surface area (Å²) < 4.78 is 1.66. The molecule has 0 atom stereocenters. The van der Waals surface area contributed by atoms with Gasteiger partial charge in [0, 0.05) is 23.5 Å². The Kier molecular flexibility index (Phi) is 4.88. The number of hydrogen-bond acceptors (Lipinski definition) is 4. The molecule has 0 radical (unpaired) electrons. The van der Waals surface area contributed by atoms with E-state index in [1.807, 2.05) is 19.9 Å². The van der Waals surface area contributed by atoms with Gasteiger partial charge in [0.15, 0.2) is 0 Å². The second-order valence-corrected chi connectivity index (χ2v) is 6.43. The molecule has 2 heterocycles. The van der Waals surface area contributed by atoms with Gasteiger partial charge in [-0.15, -0.1) is 0 Å². The smallest absolute Gasteiger partial charge is 0.267 e. The molecule has 2 N–H and O–H groups in total. The number of nitrogens with one attached hydrogen (secondary N) is 1. The molecular formula is C19H23N3O3. The minimum absolute atomic E-state index is 0.169. The van der Waals surface area contributed by atoms with Crippen LogP contribution in [0.2, 0.25) is 0 Å². The van der Waals surface area contributed by atoms with Crippen LogP contribution in [0.25, 0.3) is 0 Å². The topological polar surface area (TPSA) is 84.2 Å². The Labute approximate surface area is 146 Å². The Bertz CT molecular complexity index is 871. The van der Waals surface area contributed by atoms with Crippen LogP contribution in [0.1, 0.15) is 53.5 Å². The Hall–Kier alpha value is -2.63. The van der Waals surface area contributed by atoms with Gasteiger partial charge in [-0.3, -0.25) is 9.59 Å². The second-order valence-electron chi connectivity index (χ2n) is 6.43. The van der Waals surface area contributed by atoms with Crippen molar-refractivity contribution < 1.29 is 9.90 Å². The van der Waals surface area contributed by atoms with Crippen molar-refractivity contribution in [1.29, 1.82) is 0 Å². The predicted molar refractivity (Wildman–Crippen MR) is 96.2 cm³/mol. The summed E-state index contributed by atoms with van der Waals surface area (Å²) in [6.45, 7) is 4.36. The third kappa shape index (κ3) is 3.29. The summed E-state index contributed by atoms with van der Waals surface area (Å²) in [5, 5.41) is 13.3. The highest BCUT2D eigenvalue weighted by molar-refractivity contribution is 6.05. The number of carbonyl (C=O) groups is 1. The molecule has 1 aliphatic carbocycles. The van der Waals surface area contributed by atoms with E-state index in [0.717, 1.165) is 42.6 Å². The summed E-state index contributed by atoms with van der Waals surface area (Å²) in [6, 6.07) is 5.26. The zero-order chi connectivity index (χ0) is 18.0. The molecule has 2 aromatic rings. The van der Waals surface area contributed by atoms with Crippen LogP contribution in [-0.4, -0.2) is 20.6 Å². The average molecular weight is 341 g/mol. The van der Waals surface area contributed by atoms with Crippen molar-refractivity contribution in [2.24, 2.45) is 0 Å². The standard InChI is InChI=1S/C19H23N3O3/c1-3-11-22-14-9-5-4-8-13(14)17(23)16(19(22)25)18(24)21-15-10-6-7-12(2)20-15/h6-7,10,23H,3-5,8-9,11H2,1-2H3,(H,20,21,24). The van der Waals surface area contributed by atoms with Crippen LogP contribution in [0.15, 0.2) is 23.0 Å². The first-order valence-corrected chi connectivity index (χ1v) is 8.75. The van der Waals surface area contributed by atoms with Gasteiger partial charge < -0.3 is 15.0 Å². The van der Waals surface area contributed by atoms with Gasteiger partial charge in [0.1, 0.15) is 17.1 Å². The van der Waals surface area contributed by atoms with E-state index < -0.39 is 11.5 Å². The minimum atomic E-state index is -0.612. The third-order valence-corrected chi connectivity index (χ3v) is 4.55. The monoisotopic (exact) mass is 341 g/mol. The lowest BCUT2D eigenvalue weighted by Crippen LogP contribution is -2.33. The number of pyridine rings is 2. The van der Waals surface area contributed by atoms with Gasteiger partial charge in [-0.1, -0.05) is 13.0 Å². The Balaban J connectivity index is 2.07. The summed E-state index contributed by atoms with van der Waals surface area (Å²) in [5.41, 5.74) is 1.76. The van der Waals surface area contributed by atoms with Gasteiger partial charge >= 0.3 is 0 Å². The quantitative estimate of drug-likeness (QED) is 0.895. The number of rotatable bonds is 4. The molecule has 0 saturated heterocycles. The molecule has 2 aromatic heterocycles. The second kappa shape index (κ2) is 7.09. The molecule has 1 amide bonds. The maximum absolute atomic E-state index is 12.9. The zero-order valence-electron chi connectivity index (χ0n) is 14.6. The first kappa shape index (κ1) is 17.2. The molecule has 0 aliphatic heterocycles. The number of fused-ring (bicyclic) bond motifs is 1. The lowest BCUT2D eigenvalue weighted by atomic mass is 9.93. The van der Waals surface area contributed by atoms with Crippen LogP contribution in [-0.2, 0) is 19.4 Å². The van der Waals surface area contributed by atoms with Crippen LogP contribution < -0.4 is 10.9 Å². The van der Waals surface area contributed by atoms with E-state index >= 15 is 0 Å². The van der Waals surface area contributed by atoms with Crippen LogP contribution in [0.3, 0.4) is 0 Å². The summed E-state index contributed by atoms with van der Waals surface area (Å²) in [7, 11) is 0. The van der Waals surface area contributed by atoms with E-state index in [1.54, 1.807) is 16.7 Å². The molecule has 0 aromatic carbocycles. The van der Waals surface area contributed by atoms with Gasteiger partial charge in [0.05, 0.1) is 0 Å². The highest BCUT2D eigenvalue weighted by Gasteiger charge is 2.27. The van der Waals surface area contributed by atoms with Gasteiger partial charge in [-0.25, -0.2) is 4.98 Å². The number of hydrogen-bond donors (Lipinski definition) is 2. The summed E-state index contributed by atoms with van der Waals surface area (Å²) in [6.07, 6.45) is 4.19. The molecular weight excluding hydrogens is 318 g/mol. The molecule has 0 bridgehead atoms. The third-order valence-electron chi connectivity index (χ3n) is 4.55. The normalized spacial score (nSPS) is 13.4. The molecule has 0 spiro atoms. The molecule has 6 heteroatoms. The number of amides is 1. The molecule has 0 unspecified atom stereocenters. The lowest BCUT2D eigenvalue weighted by Gasteiger charge is -2.23. The molecule has 0 fully saturated rings. The largest absolute Gasteiger partial charge is 0.507 e. The van der Waals surface area contributed by atoms with Gasteiger partial charge in [0.25, 0.3) is 11.5 Å². The van der Waals surface area contributed by atoms with Crippen molar-refractivity contribution in [2.75, 3.05) is 5.32 Å². The number of aromatic hydroxyl groups is 1. The van der Waals surface area contributed by atoms with E-state index in [0.29, 0.717) is 18.8 Å². The van der Waals surface area contributed by atoms with Crippen LogP contribution in [0.5, 0.6) is 5.75 Å². The van der Waals surface area contributed by atoms with Crippen LogP contribution in [0, 0.1) is 6.92 Å². The Morgan fingerprint density at radius 2 is 2.08 bits per heavy atom. The van der Waals surface area contributed by atoms with Gasteiger partial charge in [0.2, 0.25) is 0 Å². The average Bonchev–Trinajstić information content (AvgIpc) is 2.59. The number of anilines is 1. The van der Waals surface area contributed by atoms with Crippen molar-refractivity contribution >= 4 is 11.7 Å². The molecule has 3 rings (SSSR count). The first-order chi connectivity index (χ1) is 12.0. The van der Waals surface area contributed by atoms with E-state index in [1.165, 1.54) is 0 Å². The molecule has 1 aliphatic rings. The maximum Gasteiger partial charge on any atom is 0.267 e. The molecule has 132 valence electrons. The summed E-state index contributed by atoms with van der Waals surface area (Å²) >= 11 is 0. The fourth-order valence-corrected chi connectivity index (χ4v) is 3.41. The Morgan fingerprint density at radius 3 is 2.80 bits per heavy atom. The van der Waals surface area contributed by atoms with Crippen molar-refractivity contribution in [3.05, 3.63) is 51.1 Å². The van der Waals surface area contributed by atoms with Crippen molar-refractivity contribution in [2.45, 2.75) is 52.5 Å². The summed E-state index contributed by atoms with van der Waals surface area (Å²) in [5.74, 6) is -0.417. The lowest BCUT2D eigenvalue weighted by molar-refractivity contribution is 0.102. The van der Waals surface area contributed by atoms with E-state index in [-0.39, 0.29) is 11.3 Å². The minimum Gasteiger partial charge on any atom is -0.507 e. The highest BCUT2D eigenvalue weighted by Crippen LogP contribution is 2.30. The van der Waals surface area contributed by atoms with Gasteiger partial charge in [-0.2, -0.15) is 0 Å². The Morgan fingerprint density at radius 1 is 1.32 bits per heavy atom. The van der Waals surface area contributed by atoms with Crippen LogP contribution in [0.4, 0.5) is 5.82 Å². The molecule has 6 nitrogen and oxygen atoms in total. The number of nitrogens with zero attached hydrogens (tertiary/aromatic N) is 2. The SMILES string of the molecule is CCCn1c2c(c(O)c(C(=O)Nc3cccc(C)n3)c1=O)CCCC2.